The molecule has 0 fully saturated rings. The van der Waals surface area contributed by atoms with Crippen LogP contribution in [0.1, 0.15) is 22.5 Å². The average molecular weight is 427 g/mol. The highest BCUT2D eigenvalue weighted by molar-refractivity contribution is 6.11. The summed E-state index contributed by atoms with van der Waals surface area (Å²) in [5.41, 5.74) is 3.04. The van der Waals surface area contributed by atoms with E-state index >= 15 is 0 Å². The van der Waals surface area contributed by atoms with Crippen LogP contribution in [0.3, 0.4) is 0 Å². The van der Waals surface area contributed by atoms with Gasteiger partial charge in [-0.25, -0.2) is 4.39 Å². The van der Waals surface area contributed by atoms with Crippen molar-refractivity contribution in [3.63, 3.8) is 0 Å². The average Bonchev–Trinajstić information content (AvgIpc) is 3.56. The molecule has 0 bridgehead atoms. The first-order valence-electron chi connectivity index (χ1n) is 10.7. The van der Waals surface area contributed by atoms with Crippen molar-refractivity contribution in [3.8, 4) is 11.5 Å². The molecule has 0 aliphatic carbocycles. The van der Waals surface area contributed by atoms with Gasteiger partial charge in [-0.15, -0.1) is 0 Å². The zero-order chi connectivity index (χ0) is 21.4. The molecule has 4 aromatic rings. The van der Waals surface area contributed by atoms with Gasteiger partial charge in [0.25, 0.3) is 0 Å². The summed E-state index contributed by atoms with van der Waals surface area (Å²) in [6.45, 7) is 1.10. The number of hydrogen-bond acceptors (Lipinski definition) is 4. The molecule has 158 valence electrons. The second kappa shape index (κ2) is 6.13. The highest BCUT2D eigenvalue weighted by Crippen LogP contribution is 2.54. The van der Waals surface area contributed by atoms with Gasteiger partial charge in [0, 0.05) is 29.1 Å². The third-order valence-electron chi connectivity index (χ3n) is 6.82. The number of hydrogen-bond donors (Lipinski definition) is 0. The number of furan rings is 1. The van der Waals surface area contributed by atoms with Crippen LogP contribution in [0.4, 0.5) is 10.1 Å². The molecule has 3 aromatic carbocycles. The molecule has 5 nitrogen and oxygen atoms in total. The summed E-state index contributed by atoms with van der Waals surface area (Å²) >= 11 is 0. The lowest BCUT2D eigenvalue weighted by atomic mass is 9.76. The van der Waals surface area contributed by atoms with E-state index in [0.29, 0.717) is 23.5 Å². The van der Waals surface area contributed by atoms with Crippen LogP contribution in [-0.2, 0) is 23.2 Å². The third kappa shape index (κ3) is 2.19. The van der Waals surface area contributed by atoms with E-state index in [0.717, 1.165) is 34.5 Å². The van der Waals surface area contributed by atoms with Crippen LogP contribution in [0.15, 0.2) is 65.1 Å². The molecule has 0 N–H and O–H groups in total. The second-order valence-electron chi connectivity index (χ2n) is 8.53. The predicted molar refractivity (Wildman–Crippen MR) is 116 cm³/mol. The Bertz CT molecular complexity index is 1440. The third-order valence-corrected chi connectivity index (χ3v) is 6.82. The van der Waals surface area contributed by atoms with E-state index in [1.807, 2.05) is 30.3 Å². The topological polar surface area (TPSA) is 51.9 Å². The first-order chi connectivity index (χ1) is 15.6. The number of nitrogens with zero attached hydrogens (tertiary/aromatic N) is 1. The van der Waals surface area contributed by atoms with Gasteiger partial charge < -0.3 is 18.8 Å². The van der Waals surface area contributed by atoms with Gasteiger partial charge in [0.2, 0.25) is 5.91 Å². The number of carbonyl (C=O) groups is 1. The van der Waals surface area contributed by atoms with Crippen LogP contribution in [0.25, 0.3) is 11.0 Å². The fourth-order valence-electron chi connectivity index (χ4n) is 5.32. The van der Waals surface area contributed by atoms with E-state index in [1.165, 1.54) is 6.07 Å². The van der Waals surface area contributed by atoms with Gasteiger partial charge in [0.1, 0.15) is 29.3 Å². The van der Waals surface area contributed by atoms with Crippen LogP contribution in [0.5, 0.6) is 11.5 Å². The normalized spacial score (nSPS) is 20.4. The van der Waals surface area contributed by atoms with Gasteiger partial charge >= 0.3 is 0 Å². The Balaban J connectivity index is 1.36. The molecule has 7 rings (SSSR count). The predicted octanol–water partition coefficient (Wildman–Crippen LogP) is 4.73. The van der Waals surface area contributed by atoms with E-state index in [2.05, 4.69) is 6.07 Å². The number of halogens is 1. The van der Waals surface area contributed by atoms with Crippen LogP contribution in [0.2, 0.25) is 0 Å². The van der Waals surface area contributed by atoms with E-state index in [1.54, 1.807) is 23.1 Å². The molecule has 6 heteroatoms. The monoisotopic (exact) mass is 427 g/mol. The summed E-state index contributed by atoms with van der Waals surface area (Å²) in [5, 5.41) is 0.680. The zero-order valence-corrected chi connectivity index (χ0v) is 17.1. The Morgan fingerprint density at radius 2 is 1.88 bits per heavy atom. The number of ether oxygens (including phenoxy) is 2. The Labute approximate surface area is 183 Å². The van der Waals surface area contributed by atoms with Crippen LogP contribution >= 0.6 is 0 Å². The smallest absolute Gasteiger partial charge is 0.246 e. The van der Waals surface area contributed by atoms with Gasteiger partial charge in [-0.05, 0) is 35.4 Å². The second-order valence-corrected chi connectivity index (χ2v) is 8.53. The van der Waals surface area contributed by atoms with E-state index < -0.39 is 11.2 Å². The van der Waals surface area contributed by atoms with E-state index in [4.69, 9.17) is 13.9 Å². The molecule has 1 aromatic heterocycles. The maximum absolute atomic E-state index is 14.1. The van der Waals surface area contributed by atoms with Crippen molar-refractivity contribution in [3.05, 3.63) is 88.9 Å². The fourth-order valence-corrected chi connectivity index (χ4v) is 5.32. The number of benzene rings is 3. The van der Waals surface area contributed by atoms with Gasteiger partial charge in [-0.2, -0.15) is 0 Å². The minimum Gasteiger partial charge on any atom is -0.493 e. The maximum atomic E-state index is 14.1. The molecule has 3 aliphatic heterocycles. The lowest BCUT2D eigenvalue weighted by molar-refractivity contribution is -0.122. The van der Waals surface area contributed by atoms with Gasteiger partial charge in [-0.3, -0.25) is 4.79 Å². The molecule has 32 heavy (non-hydrogen) atoms. The van der Waals surface area contributed by atoms with E-state index in [9.17, 15) is 9.18 Å². The number of fused-ring (bicyclic) bond motifs is 6. The molecular formula is C26H18FNO4. The lowest BCUT2D eigenvalue weighted by Crippen LogP contribution is -2.42. The largest absolute Gasteiger partial charge is 0.493 e. The van der Waals surface area contributed by atoms with Crippen molar-refractivity contribution >= 4 is 22.6 Å². The molecule has 1 atom stereocenters. The molecule has 4 heterocycles. The molecule has 1 spiro atoms. The summed E-state index contributed by atoms with van der Waals surface area (Å²) < 4.78 is 31.7. The quantitative estimate of drug-likeness (QED) is 0.464. The highest BCUT2D eigenvalue weighted by Gasteiger charge is 2.57. The Kier molecular flexibility index (Phi) is 3.42. The minimum absolute atomic E-state index is 0.0581. The zero-order valence-electron chi connectivity index (χ0n) is 17.1. The number of amides is 1. The van der Waals surface area contributed by atoms with Crippen LogP contribution < -0.4 is 14.4 Å². The molecule has 3 aliphatic rings. The molecule has 0 saturated carbocycles. The molecular weight excluding hydrogens is 409 g/mol. The summed E-state index contributed by atoms with van der Waals surface area (Å²) in [4.78, 5) is 15.8. The molecule has 0 saturated heterocycles. The van der Waals surface area contributed by atoms with Crippen molar-refractivity contribution < 1.29 is 23.1 Å². The Morgan fingerprint density at radius 3 is 2.78 bits per heavy atom. The van der Waals surface area contributed by atoms with Crippen molar-refractivity contribution in [1.82, 2.24) is 0 Å². The summed E-state index contributed by atoms with van der Waals surface area (Å²) in [5.74, 6) is 1.60. The Hall–Kier alpha value is -3.80. The minimum atomic E-state index is -0.902. The van der Waals surface area contributed by atoms with Crippen molar-refractivity contribution in [1.29, 1.82) is 0 Å². The summed E-state index contributed by atoms with van der Waals surface area (Å²) in [7, 11) is 0. The van der Waals surface area contributed by atoms with Gasteiger partial charge in [0.05, 0.1) is 13.2 Å². The number of rotatable bonds is 2. The standard InChI is InChI=1S/C26H18FNO4/c27-20-6-3-4-16-10-17(32-24(16)20)13-28-21-7-2-1-5-18(21)26(25(28)29)14-31-23-12-22-15(8-9-30-22)11-19(23)26/h1-7,10-12H,8-9,13-14H2. The first-order valence-corrected chi connectivity index (χ1v) is 10.7. The first kappa shape index (κ1) is 17.8. The number of anilines is 1. The lowest BCUT2D eigenvalue weighted by Gasteiger charge is -2.23. The molecule has 0 radical (unpaired) electrons. The van der Waals surface area contributed by atoms with Gasteiger partial charge in [0.15, 0.2) is 11.4 Å². The highest BCUT2D eigenvalue weighted by atomic mass is 19.1. The van der Waals surface area contributed by atoms with Crippen molar-refractivity contribution in [2.75, 3.05) is 18.1 Å². The van der Waals surface area contributed by atoms with Crippen molar-refractivity contribution in [2.45, 2.75) is 18.4 Å². The molecule has 1 amide bonds. The molecule has 1 unspecified atom stereocenters. The van der Waals surface area contributed by atoms with Crippen molar-refractivity contribution in [2.24, 2.45) is 0 Å². The summed E-state index contributed by atoms with van der Waals surface area (Å²) in [6.07, 6.45) is 0.822. The van der Waals surface area contributed by atoms with Crippen LogP contribution in [0, 0.1) is 5.82 Å². The fraction of sp³-hybridized carbons (Fsp3) is 0.192. The maximum Gasteiger partial charge on any atom is 0.246 e. The SMILES string of the molecule is O=C1N(Cc2cc3cccc(F)c3o2)c2ccccc2C12COc1cc3c(cc12)CCO3. The summed E-state index contributed by atoms with van der Waals surface area (Å²) in [6, 6.07) is 18.4. The van der Waals surface area contributed by atoms with Gasteiger partial charge in [-0.1, -0.05) is 30.3 Å². The van der Waals surface area contributed by atoms with Crippen LogP contribution in [-0.4, -0.2) is 19.1 Å². The van der Waals surface area contributed by atoms with E-state index in [-0.39, 0.29) is 24.6 Å². The Morgan fingerprint density at radius 1 is 0.969 bits per heavy atom. The number of carbonyl (C=O) groups excluding carboxylic acids is 1. The number of para-hydroxylation sites is 2.